The Morgan fingerprint density at radius 1 is 1.53 bits per heavy atom. The molecule has 0 saturated heterocycles. The third-order valence-electron chi connectivity index (χ3n) is 2.06. The van der Waals surface area contributed by atoms with Crippen molar-refractivity contribution in [3.8, 4) is 0 Å². The van der Waals surface area contributed by atoms with Gasteiger partial charge in [-0.15, -0.1) is 0 Å². The van der Waals surface area contributed by atoms with Crippen molar-refractivity contribution in [3.05, 3.63) is 22.4 Å². The summed E-state index contributed by atoms with van der Waals surface area (Å²) in [6.45, 7) is 2.91. The molecule has 0 aliphatic rings. The number of sulfone groups is 1. The second-order valence-electron chi connectivity index (χ2n) is 3.66. The largest absolute Gasteiger partial charge is 0.309 e. The average molecular weight is 247 g/mol. The predicted octanol–water partition coefficient (Wildman–Crippen LogP) is 1.83. The fourth-order valence-corrected chi connectivity index (χ4v) is 3.00. The van der Waals surface area contributed by atoms with Gasteiger partial charge < -0.3 is 5.32 Å². The van der Waals surface area contributed by atoms with Gasteiger partial charge >= 0.3 is 0 Å². The Morgan fingerprint density at radius 3 is 2.73 bits per heavy atom. The SMILES string of the molecule is CCCNC(CS(C)(=O)=O)c1ccsc1. The van der Waals surface area contributed by atoms with Crippen LogP contribution in [-0.4, -0.2) is 27.0 Å². The molecule has 0 fully saturated rings. The Hall–Kier alpha value is -0.390. The second kappa shape index (κ2) is 5.63. The molecule has 1 heterocycles. The van der Waals surface area contributed by atoms with Gasteiger partial charge in [0.05, 0.1) is 5.75 Å². The van der Waals surface area contributed by atoms with Gasteiger partial charge in [-0.05, 0) is 35.4 Å². The molecule has 15 heavy (non-hydrogen) atoms. The summed E-state index contributed by atoms with van der Waals surface area (Å²) >= 11 is 1.59. The molecule has 0 saturated carbocycles. The van der Waals surface area contributed by atoms with Crippen LogP contribution in [0, 0.1) is 0 Å². The van der Waals surface area contributed by atoms with Crippen molar-refractivity contribution in [2.75, 3.05) is 18.6 Å². The Morgan fingerprint density at radius 2 is 2.27 bits per heavy atom. The van der Waals surface area contributed by atoms with Crippen LogP contribution in [0.4, 0.5) is 0 Å². The first-order valence-corrected chi connectivity index (χ1v) is 7.96. The van der Waals surface area contributed by atoms with Gasteiger partial charge in [-0.2, -0.15) is 11.3 Å². The van der Waals surface area contributed by atoms with Crippen molar-refractivity contribution in [1.82, 2.24) is 5.32 Å². The fourth-order valence-electron chi connectivity index (χ4n) is 1.37. The molecule has 0 aliphatic carbocycles. The zero-order valence-corrected chi connectivity index (χ0v) is 10.7. The van der Waals surface area contributed by atoms with Gasteiger partial charge in [0.15, 0.2) is 0 Å². The van der Waals surface area contributed by atoms with Gasteiger partial charge in [0, 0.05) is 12.3 Å². The van der Waals surface area contributed by atoms with E-state index < -0.39 is 9.84 Å². The van der Waals surface area contributed by atoms with Crippen molar-refractivity contribution >= 4 is 21.2 Å². The quantitative estimate of drug-likeness (QED) is 0.834. The maximum Gasteiger partial charge on any atom is 0.149 e. The van der Waals surface area contributed by atoms with E-state index in [0.29, 0.717) is 0 Å². The zero-order valence-electron chi connectivity index (χ0n) is 9.06. The Kier molecular flexibility index (Phi) is 4.76. The molecule has 1 aromatic rings. The monoisotopic (exact) mass is 247 g/mol. The lowest BCUT2D eigenvalue weighted by Crippen LogP contribution is -2.28. The molecule has 1 rings (SSSR count). The number of hydrogen-bond donors (Lipinski definition) is 1. The number of thiophene rings is 1. The molecule has 1 aromatic heterocycles. The van der Waals surface area contributed by atoms with Crippen LogP contribution in [-0.2, 0) is 9.84 Å². The van der Waals surface area contributed by atoms with Crippen molar-refractivity contribution in [2.45, 2.75) is 19.4 Å². The summed E-state index contributed by atoms with van der Waals surface area (Å²) in [4.78, 5) is 0. The maximum absolute atomic E-state index is 11.3. The standard InChI is InChI=1S/C10H17NO2S2/c1-3-5-11-10(8-15(2,12)13)9-4-6-14-7-9/h4,6-7,10-11H,3,5,8H2,1-2H3. The van der Waals surface area contributed by atoms with E-state index in [-0.39, 0.29) is 11.8 Å². The van der Waals surface area contributed by atoms with Gasteiger partial charge in [0.2, 0.25) is 0 Å². The topological polar surface area (TPSA) is 46.2 Å². The fraction of sp³-hybridized carbons (Fsp3) is 0.600. The molecule has 0 amide bonds. The molecule has 5 heteroatoms. The first-order valence-electron chi connectivity index (χ1n) is 4.96. The van der Waals surface area contributed by atoms with E-state index in [1.807, 2.05) is 16.8 Å². The molecule has 1 atom stereocenters. The Bertz CT molecular complexity index is 370. The van der Waals surface area contributed by atoms with E-state index in [2.05, 4.69) is 12.2 Å². The molecule has 0 bridgehead atoms. The van der Waals surface area contributed by atoms with Crippen LogP contribution in [0.1, 0.15) is 24.9 Å². The van der Waals surface area contributed by atoms with Crippen molar-refractivity contribution in [3.63, 3.8) is 0 Å². The molecule has 0 aliphatic heterocycles. The molecule has 1 N–H and O–H groups in total. The molecular weight excluding hydrogens is 230 g/mol. The lowest BCUT2D eigenvalue weighted by Gasteiger charge is -2.16. The molecule has 0 aromatic carbocycles. The second-order valence-corrected chi connectivity index (χ2v) is 6.62. The van der Waals surface area contributed by atoms with Crippen LogP contribution in [0.25, 0.3) is 0 Å². The number of nitrogens with one attached hydrogen (secondary N) is 1. The molecule has 0 radical (unpaired) electrons. The molecule has 0 spiro atoms. The van der Waals surface area contributed by atoms with Gasteiger partial charge in [0.25, 0.3) is 0 Å². The Labute approximate surface area is 95.4 Å². The van der Waals surface area contributed by atoms with Crippen LogP contribution in [0.15, 0.2) is 16.8 Å². The van der Waals surface area contributed by atoms with Gasteiger partial charge in [-0.3, -0.25) is 0 Å². The maximum atomic E-state index is 11.3. The van der Waals surface area contributed by atoms with Crippen LogP contribution < -0.4 is 5.32 Å². The number of rotatable bonds is 6. The first kappa shape index (κ1) is 12.7. The third-order valence-corrected chi connectivity index (χ3v) is 3.70. The molecule has 1 unspecified atom stereocenters. The molecule has 3 nitrogen and oxygen atoms in total. The number of hydrogen-bond acceptors (Lipinski definition) is 4. The van der Waals surface area contributed by atoms with E-state index in [1.54, 1.807) is 11.3 Å². The van der Waals surface area contributed by atoms with E-state index in [0.717, 1.165) is 18.5 Å². The summed E-state index contributed by atoms with van der Waals surface area (Å²) in [5.41, 5.74) is 1.07. The summed E-state index contributed by atoms with van der Waals surface area (Å²) in [7, 11) is -2.94. The summed E-state index contributed by atoms with van der Waals surface area (Å²) in [6.07, 6.45) is 2.28. The zero-order chi connectivity index (χ0) is 11.3. The van der Waals surface area contributed by atoms with Gasteiger partial charge in [-0.25, -0.2) is 8.42 Å². The van der Waals surface area contributed by atoms with Crippen molar-refractivity contribution in [2.24, 2.45) is 0 Å². The van der Waals surface area contributed by atoms with Crippen LogP contribution in [0.3, 0.4) is 0 Å². The van der Waals surface area contributed by atoms with E-state index >= 15 is 0 Å². The lowest BCUT2D eigenvalue weighted by molar-refractivity contribution is 0.550. The summed E-state index contributed by atoms with van der Waals surface area (Å²) in [5, 5.41) is 7.22. The van der Waals surface area contributed by atoms with E-state index in [4.69, 9.17) is 0 Å². The Balaban J connectivity index is 2.70. The highest BCUT2D eigenvalue weighted by Crippen LogP contribution is 2.17. The van der Waals surface area contributed by atoms with Crippen LogP contribution in [0.5, 0.6) is 0 Å². The normalized spacial score (nSPS) is 14.0. The van der Waals surface area contributed by atoms with Crippen LogP contribution in [0.2, 0.25) is 0 Å². The highest BCUT2D eigenvalue weighted by atomic mass is 32.2. The summed E-state index contributed by atoms with van der Waals surface area (Å²) in [5.74, 6) is 0.170. The lowest BCUT2D eigenvalue weighted by atomic mass is 10.2. The first-order chi connectivity index (χ1) is 7.03. The minimum absolute atomic E-state index is 0.0637. The van der Waals surface area contributed by atoms with Gasteiger partial charge in [-0.1, -0.05) is 6.92 Å². The highest BCUT2D eigenvalue weighted by Gasteiger charge is 2.16. The molecular formula is C10H17NO2S2. The summed E-state index contributed by atoms with van der Waals surface area (Å²) in [6, 6.07) is 1.91. The predicted molar refractivity (Wildman–Crippen MR) is 65.1 cm³/mol. The van der Waals surface area contributed by atoms with Gasteiger partial charge in [0.1, 0.15) is 9.84 Å². The van der Waals surface area contributed by atoms with Crippen molar-refractivity contribution < 1.29 is 8.42 Å². The van der Waals surface area contributed by atoms with E-state index in [9.17, 15) is 8.42 Å². The summed E-state index contributed by atoms with van der Waals surface area (Å²) < 4.78 is 22.5. The average Bonchev–Trinajstić information content (AvgIpc) is 2.63. The van der Waals surface area contributed by atoms with E-state index in [1.165, 1.54) is 6.26 Å². The minimum atomic E-state index is -2.94. The minimum Gasteiger partial charge on any atom is -0.309 e. The van der Waals surface area contributed by atoms with Crippen molar-refractivity contribution in [1.29, 1.82) is 0 Å². The molecule has 86 valence electrons. The highest BCUT2D eigenvalue weighted by molar-refractivity contribution is 7.90. The third kappa shape index (κ3) is 4.77. The van der Waals surface area contributed by atoms with Crippen LogP contribution >= 0.6 is 11.3 Å². The smallest absolute Gasteiger partial charge is 0.149 e.